The van der Waals surface area contributed by atoms with Crippen molar-refractivity contribution >= 4 is 15.9 Å². The summed E-state index contributed by atoms with van der Waals surface area (Å²) in [6, 6.07) is 6.72. The van der Waals surface area contributed by atoms with Crippen LogP contribution in [0.5, 0.6) is 0 Å². The van der Waals surface area contributed by atoms with Gasteiger partial charge in [0.05, 0.1) is 0 Å². The van der Waals surface area contributed by atoms with Gasteiger partial charge < -0.3 is 0 Å². The quantitative estimate of drug-likeness (QED) is 0.705. The molecular weight excluding hydrogens is 231 g/mol. The average Bonchev–Trinajstić information content (AvgIpc) is 2.09. The standard InChI is InChI=1S/C11H14BrF/c1-2-3-10(12)8-9-4-6-11(13)7-5-9/h4-7,10H,2-3,8H2,1H3. The third-order valence-electron chi connectivity index (χ3n) is 1.97. The molecule has 0 bridgehead atoms. The van der Waals surface area contributed by atoms with Crippen molar-refractivity contribution < 1.29 is 4.39 Å². The summed E-state index contributed by atoms with van der Waals surface area (Å²) in [4.78, 5) is 0.517. The molecule has 0 spiro atoms. The molecule has 0 aliphatic carbocycles. The molecule has 0 saturated carbocycles. The second-order valence-corrected chi connectivity index (χ2v) is 4.51. The first-order valence-electron chi connectivity index (χ1n) is 4.61. The van der Waals surface area contributed by atoms with Crippen LogP contribution in [0.1, 0.15) is 25.3 Å². The summed E-state index contributed by atoms with van der Waals surface area (Å²) < 4.78 is 12.6. The van der Waals surface area contributed by atoms with Gasteiger partial charge in [-0.15, -0.1) is 0 Å². The van der Waals surface area contributed by atoms with Crippen LogP contribution in [0, 0.1) is 5.82 Å². The highest BCUT2D eigenvalue weighted by atomic mass is 79.9. The number of halogens is 2. The highest BCUT2D eigenvalue weighted by Crippen LogP contribution is 2.15. The van der Waals surface area contributed by atoms with Gasteiger partial charge in [0.15, 0.2) is 0 Å². The average molecular weight is 245 g/mol. The maximum Gasteiger partial charge on any atom is 0.123 e. The summed E-state index contributed by atoms with van der Waals surface area (Å²) in [6.07, 6.45) is 3.32. The Morgan fingerprint density at radius 2 is 1.92 bits per heavy atom. The second kappa shape index (κ2) is 5.38. The number of alkyl halides is 1. The molecule has 1 rings (SSSR count). The fourth-order valence-corrected chi connectivity index (χ4v) is 2.12. The molecule has 0 amide bonds. The van der Waals surface area contributed by atoms with E-state index < -0.39 is 0 Å². The largest absolute Gasteiger partial charge is 0.207 e. The minimum absolute atomic E-state index is 0.162. The van der Waals surface area contributed by atoms with E-state index in [0.717, 1.165) is 12.8 Å². The van der Waals surface area contributed by atoms with Crippen LogP contribution in [-0.2, 0) is 6.42 Å². The molecule has 0 heterocycles. The molecule has 0 N–H and O–H groups in total. The first-order valence-corrected chi connectivity index (χ1v) is 5.52. The van der Waals surface area contributed by atoms with E-state index in [0.29, 0.717) is 4.83 Å². The highest BCUT2D eigenvalue weighted by Gasteiger charge is 2.03. The lowest BCUT2D eigenvalue weighted by Gasteiger charge is -2.07. The maximum absolute atomic E-state index is 12.6. The molecule has 72 valence electrons. The first-order chi connectivity index (χ1) is 6.22. The Balaban J connectivity index is 2.49. The third-order valence-corrected chi connectivity index (χ3v) is 2.75. The van der Waals surface area contributed by atoms with Gasteiger partial charge in [-0.1, -0.05) is 41.4 Å². The van der Waals surface area contributed by atoms with Gasteiger partial charge >= 0.3 is 0 Å². The Morgan fingerprint density at radius 1 is 1.31 bits per heavy atom. The van der Waals surface area contributed by atoms with Crippen molar-refractivity contribution in [2.45, 2.75) is 31.0 Å². The van der Waals surface area contributed by atoms with Crippen molar-refractivity contribution in [3.63, 3.8) is 0 Å². The van der Waals surface area contributed by atoms with Gasteiger partial charge in [0, 0.05) is 4.83 Å². The smallest absolute Gasteiger partial charge is 0.123 e. The van der Waals surface area contributed by atoms with E-state index in [-0.39, 0.29) is 5.82 Å². The van der Waals surface area contributed by atoms with Gasteiger partial charge in [-0.3, -0.25) is 0 Å². The van der Waals surface area contributed by atoms with Gasteiger partial charge in [0.2, 0.25) is 0 Å². The minimum atomic E-state index is -0.162. The van der Waals surface area contributed by atoms with Gasteiger partial charge in [-0.25, -0.2) is 4.39 Å². The molecule has 0 fully saturated rings. The lowest BCUT2D eigenvalue weighted by molar-refractivity contribution is 0.626. The van der Waals surface area contributed by atoms with E-state index in [2.05, 4.69) is 22.9 Å². The number of rotatable bonds is 4. The molecule has 1 atom stereocenters. The first kappa shape index (κ1) is 10.7. The van der Waals surface area contributed by atoms with Crippen LogP contribution >= 0.6 is 15.9 Å². The van der Waals surface area contributed by atoms with E-state index in [1.54, 1.807) is 0 Å². The zero-order valence-electron chi connectivity index (χ0n) is 7.76. The second-order valence-electron chi connectivity index (χ2n) is 3.22. The van der Waals surface area contributed by atoms with Crippen LogP contribution in [0.25, 0.3) is 0 Å². The van der Waals surface area contributed by atoms with Crippen LogP contribution in [0.3, 0.4) is 0 Å². The Hall–Kier alpha value is -0.370. The van der Waals surface area contributed by atoms with Crippen molar-refractivity contribution in [1.29, 1.82) is 0 Å². The summed E-state index contributed by atoms with van der Waals surface area (Å²) in [5, 5.41) is 0. The van der Waals surface area contributed by atoms with E-state index in [4.69, 9.17) is 0 Å². The molecule has 1 aromatic rings. The number of hydrogen-bond donors (Lipinski definition) is 0. The zero-order chi connectivity index (χ0) is 9.68. The van der Waals surface area contributed by atoms with Gasteiger partial charge in [0.25, 0.3) is 0 Å². The van der Waals surface area contributed by atoms with E-state index in [1.807, 2.05) is 12.1 Å². The number of benzene rings is 1. The van der Waals surface area contributed by atoms with E-state index in [1.165, 1.54) is 24.1 Å². The molecule has 0 saturated heterocycles. The van der Waals surface area contributed by atoms with E-state index in [9.17, 15) is 4.39 Å². The summed E-state index contributed by atoms with van der Waals surface area (Å²) in [5.41, 5.74) is 1.19. The Morgan fingerprint density at radius 3 is 2.46 bits per heavy atom. The molecule has 0 nitrogen and oxygen atoms in total. The van der Waals surface area contributed by atoms with Crippen LogP contribution in [0.4, 0.5) is 4.39 Å². The van der Waals surface area contributed by atoms with Crippen LogP contribution in [-0.4, -0.2) is 4.83 Å². The lowest BCUT2D eigenvalue weighted by Crippen LogP contribution is -2.01. The normalized spacial score (nSPS) is 12.8. The van der Waals surface area contributed by atoms with Crippen LogP contribution in [0.2, 0.25) is 0 Å². The number of hydrogen-bond acceptors (Lipinski definition) is 0. The molecule has 0 aromatic heterocycles. The van der Waals surface area contributed by atoms with Crippen LogP contribution in [0.15, 0.2) is 24.3 Å². The third kappa shape index (κ3) is 3.90. The fraction of sp³-hybridized carbons (Fsp3) is 0.455. The molecule has 1 unspecified atom stereocenters. The Kier molecular flexibility index (Phi) is 4.43. The van der Waals surface area contributed by atoms with Crippen molar-refractivity contribution in [2.24, 2.45) is 0 Å². The van der Waals surface area contributed by atoms with Gasteiger partial charge in [-0.2, -0.15) is 0 Å². The van der Waals surface area contributed by atoms with E-state index >= 15 is 0 Å². The highest BCUT2D eigenvalue weighted by molar-refractivity contribution is 9.09. The summed E-state index contributed by atoms with van der Waals surface area (Å²) >= 11 is 3.60. The topological polar surface area (TPSA) is 0 Å². The maximum atomic E-state index is 12.6. The van der Waals surface area contributed by atoms with Crippen molar-refractivity contribution in [3.8, 4) is 0 Å². The molecular formula is C11H14BrF. The minimum Gasteiger partial charge on any atom is -0.207 e. The molecule has 1 aromatic carbocycles. The Labute approximate surface area is 87.3 Å². The molecule has 0 aliphatic heterocycles. The summed E-state index contributed by atoms with van der Waals surface area (Å²) in [5.74, 6) is -0.162. The predicted octanol–water partition coefficient (Wildman–Crippen LogP) is 3.93. The Bertz CT molecular complexity index is 243. The molecule has 2 heteroatoms. The predicted molar refractivity (Wildman–Crippen MR) is 57.7 cm³/mol. The lowest BCUT2D eigenvalue weighted by atomic mass is 10.1. The monoisotopic (exact) mass is 244 g/mol. The zero-order valence-corrected chi connectivity index (χ0v) is 9.35. The fourth-order valence-electron chi connectivity index (χ4n) is 1.29. The van der Waals surface area contributed by atoms with Gasteiger partial charge in [-0.05, 0) is 30.5 Å². The van der Waals surface area contributed by atoms with Crippen molar-refractivity contribution in [1.82, 2.24) is 0 Å². The molecule has 13 heavy (non-hydrogen) atoms. The summed E-state index contributed by atoms with van der Waals surface area (Å²) in [7, 11) is 0. The van der Waals surface area contributed by atoms with Crippen LogP contribution < -0.4 is 0 Å². The van der Waals surface area contributed by atoms with Crippen molar-refractivity contribution in [2.75, 3.05) is 0 Å². The summed E-state index contributed by atoms with van der Waals surface area (Å²) in [6.45, 7) is 2.17. The molecule has 0 radical (unpaired) electrons. The SMILES string of the molecule is CCCC(Br)Cc1ccc(F)cc1. The van der Waals surface area contributed by atoms with Crippen molar-refractivity contribution in [3.05, 3.63) is 35.6 Å². The van der Waals surface area contributed by atoms with Gasteiger partial charge in [0.1, 0.15) is 5.82 Å². The molecule has 0 aliphatic rings.